The van der Waals surface area contributed by atoms with E-state index in [-0.39, 0.29) is 0 Å². The molecule has 1 aliphatic heterocycles. The van der Waals surface area contributed by atoms with Crippen LogP contribution in [0.2, 0.25) is 0 Å². The van der Waals surface area contributed by atoms with Crippen molar-refractivity contribution >= 4 is 5.71 Å². The van der Waals surface area contributed by atoms with E-state index in [2.05, 4.69) is 24.1 Å². The van der Waals surface area contributed by atoms with Crippen molar-refractivity contribution in [2.45, 2.75) is 20.3 Å². The summed E-state index contributed by atoms with van der Waals surface area (Å²) in [5, 5.41) is 0. The Balaban J connectivity index is 2.80. The van der Waals surface area contributed by atoms with Gasteiger partial charge in [-0.3, -0.25) is 4.99 Å². The quantitative estimate of drug-likeness (QED) is 0.466. The number of allylic oxidation sites excluding steroid dienone is 3. The molecule has 0 aliphatic carbocycles. The van der Waals surface area contributed by atoms with Gasteiger partial charge in [-0.15, -0.1) is 0 Å². The van der Waals surface area contributed by atoms with Gasteiger partial charge in [0.25, 0.3) is 0 Å². The van der Waals surface area contributed by atoms with Gasteiger partial charge in [0.1, 0.15) is 0 Å². The van der Waals surface area contributed by atoms with Crippen molar-refractivity contribution < 1.29 is 0 Å². The van der Waals surface area contributed by atoms with Crippen LogP contribution in [0.25, 0.3) is 0 Å². The van der Waals surface area contributed by atoms with E-state index in [4.69, 9.17) is 0 Å². The first-order chi connectivity index (χ1) is 4.29. The highest BCUT2D eigenvalue weighted by Crippen LogP contribution is 2.02. The Hall–Kier alpha value is -0.850. The molecular formula is C8H11N. The van der Waals surface area contributed by atoms with Crippen molar-refractivity contribution in [1.29, 1.82) is 0 Å². The number of nitrogens with zero attached hydrogens (tertiary/aromatic N) is 1. The second-order valence-corrected chi connectivity index (χ2v) is 2.34. The summed E-state index contributed by atoms with van der Waals surface area (Å²) >= 11 is 0. The second-order valence-electron chi connectivity index (χ2n) is 2.34. The molecule has 0 radical (unpaired) electrons. The number of hydrogen-bond acceptors (Lipinski definition) is 1. The fraction of sp³-hybridized carbons (Fsp3) is 0.375. The zero-order chi connectivity index (χ0) is 6.69. The maximum Gasteiger partial charge on any atom is 0.0296 e. The van der Waals surface area contributed by atoms with E-state index in [0.717, 1.165) is 6.42 Å². The van der Waals surface area contributed by atoms with Crippen molar-refractivity contribution in [3.8, 4) is 0 Å². The summed E-state index contributed by atoms with van der Waals surface area (Å²) in [4.78, 5) is 4.20. The molecule has 0 fully saturated rings. The largest absolute Gasteiger partial charge is 0.265 e. The lowest BCUT2D eigenvalue weighted by Crippen LogP contribution is -1.83. The lowest BCUT2D eigenvalue weighted by Gasteiger charge is -1.85. The number of hydrogen-bond donors (Lipinski definition) is 0. The van der Waals surface area contributed by atoms with E-state index >= 15 is 0 Å². The molecule has 1 nitrogen and oxygen atoms in total. The predicted octanol–water partition coefficient (Wildman–Crippen LogP) is 2.31. The molecule has 1 aliphatic rings. The van der Waals surface area contributed by atoms with Crippen LogP contribution in [0, 0.1) is 0 Å². The molecule has 1 heterocycles. The Morgan fingerprint density at radius 3 is 3.00 bits per heavy atom. The van der Waals surface area contributed by atoms with E-state index in [1.807, 2.05) is 13.1 Å². The molecule has 0 N–H and O–H groups in total. The van der Waals surface area contributed by atoms with Crippen molar-refractivity contribution in [2.75, 3.05) is 0 Å². The van der Waals surface area contributed by atoms with Crippen molar-refractivity contribution in [3.63, 3.8) is 0 Å². The Morgan fingerprint density at radius 1 is 1.44 bits per heavy atom. The molecule has 0 aromatic rings. The number of aliphatic imine (C=N–C) groups is 1. The first-order valence-corrected chi connectivity index (χ1v) is 3.15. The van der Waals surface area contributed by atoms with Gasteiger partial charge in [-0.1, -0.05) is 12.2 Å². The topological polar surface area (TPSA) is 12.4 Å². The van der Waals surface area contributed by atoms with Gasteiger partial charge in [0.2, 0.25) is 0 Å². The van der Waals surface area contributed by atoms with E-state index in [1.165, 1.54) is 11.3 Å². The molecular weight excluding hydrogens is 110 g/mol. The third-order valence-electron chi connectivity index (χ3n) is 1.28. The zero-order valence-corrected chi connectivity index (χ0v) is 5.89. The summed E-state index contributed by atoms with van der Waals surface area (Å²) in [6.45, 7) is 4.10. The van der Waals surface area contributed by atoms with Gasteiger partial charge >= 0.3 is 0 Å². The van der Waals surface area contributed by atoms with Gasteiger partial charge in [0, 0.05) is 18.3 Å². The number of rotatable bonds is 0. The minimum Gasteiger partial charge on any atom is -0.265 e. The fourth-order valence-corrected chi connectivity index (χ4v) is 0.723. The van der Waals surface area contributed by atoms with Crippen LogP contribution in [0.15, 0.2) is 28.9 Å². The molecule has 0 saturated carbocycles. The highest BCUT2D eigenvalue weighted by molar-refractivity contribution is 5.84. The van der Waals surface area contributed by atoms with E-state index < -0.39 is 0 Å². The van der Waals surface area contributed by atoms with E-state index in [9.17, 15) is 0 Å². The Kier molecular flexibility index (Phi) is 1.83. The molecule has 1 rings (SSSR count). The van der Waals surface area contributed by atoms with Gasteiger partial charge < -0.3 is 0 Å². The third kappa shape index (κ3) is 1.84. The lowest BCUT2D eigenvalue weighted by atomic mass is 10.2. The smallest absolute Gasteiger partial charge is 0.0296 e. The Labute approximate surface area is 55.8 Å². The summed E-state index contributed by atoms with van der Waals surface area (Å²) in [7, 11) is 0. The summed E-state index contributed by atoms with van der Waals surface area (Å²) in [5.41, 5.74) is 2.41. The van der Waals surface area contributed by atoms with Crippen LogP contribution in [0.5, 0.6) is 0 Å². The summed E-state index contributed by atoms with van der Waals surface area (Å²) in [6, 6.07) is 0. The van der Waals surface area contributed by atoms with Crippen LogP contribution in [0.3, 0.4) is 0 Å². The standard InChI is InChI=1S/C8H11N/c1-7-4-3-5-8(2)9-6-7/h3-4,6H,5H2,1-2H3. The van der Waals surface area contributed by atoms with Crippen molar-refractivity contribution in [1.82, 2.24) is 0 Å². The minimum atomic E-state index is 0.994. The first kappa shape index (κ1) is 6.27. The second kappa shape index (κ2) is 2.62. The van der Waals surface area contributed by atoms with Gasteiger partial charge in [-0.05, 0) is 19.4 Å². The van der Waals surface area contributed by atoms with Gasteiger partial charge in [0.15, 0.2) is 0 Å². The van der Waals surface area contributed by atoms with Crippen LogP contribution in [0.4, 0.5) is 0 Å². The molecule has 0 bridgehead atoms. The molecule has 48 valence electrons. The highest BCUT2D eigenvalue weighted by Gasteiger charge is 1.89. The average Bonchev–Trinajstić information content (AvgIpc) is 1.97. The first-order valence-electron chi connectivity index (χ1n) is 3.15. The molecule has 0 amide bonds. The van der Waals surface area contributed by atoms with Crippen LogP contribution in [-0.2, 0) is 0 Å². The fourth-order valence-electron chi connectivity index (χ4n) is 0.723. The highest BCUT2D eigenvalue weighted by atomic mass is 14.7. The predicted molar refractivity (Wildman–Crippen MR) is 40.6 cm³/mol. The Bertz CT molecular complexity index is 185. The van der Waals surface area contributed by atoms with Crippen molar-refractivity contribution in [3.05, 3.63) is 23.9 Å². The lowest BCUT2D eigenvalue weighted by molar-refractivity contribution is 1.40. The van der Waals surface area contributed by atoms with Crippen molar-refractivity contribution in [2.24, 2.45) is 4.99 Å². The molecule has 0 atom stereocenters. The Morgan fingerprint density at radius 2 is 2.22 bits per heavy atom. The van der Waals surface area contributed by atoms with Gasteiger partial charge in [0.05, 0.1) is 0 Å². The molecule has 1 heteroatoms. The van der Waals surface area contributed by atoms with E-state index in [1.54, 1.807) is 0 Å². The monoisotopic (exact) mass is 121 g/mol. The minimum absolute atomic E-state index is 0.994. The van der Waals surface area contributed by atoms with Crippen LogP contribution < -0.4 is 0 Å². The maximum absolute atomic E-state index is 4.20. The third-order valence-corrected chi connectivity index (χ3v) is 1.28. The molecule has 0 unspecified atom stereocenters. The molecule has 0 spiro atoms. The summed E-state index contributed by atoms with van der Waals surface area (Å²) in [5.74, 6) is 0. The normalized spacial score (nSPS) is 18.4. The molecule has 0 aromatic heterocycles. The SMILES string of the molecule is CC1=CN=C(C)CC=C1. The zero-order valence-electron chi connectivity index (χ0n) is 5.89. The van der Waals surface area contributed by atoms with E-state index in [0.29, 0.717) is 0 Å². The molecule has 0 saturated heterocycles. The summed E-state index contributed by atoms with van der Waals surface area (Å²) in [6.07, 6.45) is 7.13. The maximum atomic E-state index is 4.20. The molecule has 9 heavy (non-hydrogen) atoms. The van der Waals surface area contributed by atoms with Crippen LogP contribution >= 0.6 is 0 Å². The van der Waals surface area contributed by atoms with Gasteiger partial charge in [-0.2, -0.15) is 0 Å². The van der Waals surface area contributed by atoms with Crippen LogP contribution in [-0.4, -0.2) is 5.71 Å². The summed E-state index contributed by atoms with van der Waals surface area (Å²) < 4.78 is 0. The molecule has 0 aromatic carbocycles. The van der Waals surface area contributed by atoms with Crippen LogP contribution in [0.1, 0.15) is 20.3 Å². The average molecular weight is 121 g/mol. The van der Waals surface area contributed by atoms with Gasteiger partial charge in [-0.25, -0.2) is 0 Å².